The van der Waals surface area contributed by atoms with E-state index < -0.39 is 0 Å². The summed E-state index contributed by atoms with van der Waals surface area (Å²) in [4.78, 5) is 12.3. The van der Waals surface area contributed by atoms with Crippen molar-refractivity contribution < 1.29 is 4.79 Å². The van der Waals surface area contributed by atoms with Crippen molar-refractivity contribution in [2.45, 2.75) is 6.42 Å². The molecule has 3 aromatic rings. The number of anilines is 1. The molecule has 0 amide bonds. The molecule has 2 nitrogen and oxygen atoms in total. The molecule has 0 bridgehead atoms. The van der Waals surface area contributed by atoms with E-state index in [1.165, 1.54) is 5.56 Å². The predicted octanol–water partition coefficient (Wildman–Crippen LogP) is 4.57. The molecule has 3 rings (SSSR count). The summed E-state index contributed by atoms with van der Waals surface area (Å²) < 4.78 is 0. The van der Waals surface area contributed by atoms with Gasteiger partial charge in [0.15, 0.2) is 5.78 Å². The van der Waals surface area contributed by atoms with Crippen molar-refractivity contribution in [2.24, 2.45) is 0 Å². The minimum atomic E-state index is 0.0569. The van der Waals surface area contributed by atoms with Gasteiger partial charge < -0.3 is 5.32 Å². The maximum absolute atomic E-state index is 12.3. The molecular formula is C21H19NO. The highest BCUT2D eigenvalue weighted by molar-refractivity contribution is 6.09. The third kappa shape index (κ3) is 4.07. The standard InChI is InChI=1S/C21H19NO/c23-21(18-9-5-2-6-10-18)19-11-13-20(14-12-19)22-16-15-17-7-3-1-4-8-17/h1-14,22H,15-16H2. The summed E-state index contributed by atoms with van der Waals surface area (Å²) in [6.07, 6.45) is 0.978. The first-order valence-electron chi connectivity index (χ1n) is 7.80. The van der Waals surface area contributed by atoms with E-state index >= 15 is 0 Å². The molecule has 0 fully saturated rings. The number of rotatable bonds is 6. The van der Waals surface area contributed by atoms with Crippen molar-refractivity contribution in [2.75, 3.05) is 11.9 Å². The van der Waals surface area contributed by atoms with E-state index in [2.05, 4.69) is 29.6 Å². The van der Waals surface area contributed by atoms with Crippen LogP contribution in [0, 0.1) is 0 Å². The van der Waals surface area contributed by atoms with Crippen LogP contribution in [0.1, 0.15) is 21.5 Å². The lowest BCUT2D eigenvalue weighted by Gasteiger charge is -2.07. The summed E-state index contributed by atoms with van der Waals surface area (Å²) in [5.74, 6) is 0.0569. The molecule has 0 unspecified atom stereocenters. The van der Waals surface area contributed by atoms with Gasteiger partial charge in [-0.3, -0.25) is 4.79 Å². The lowest BCUT2D eigenvalue weighted by molar-refractivity contribution is 0.103. The molecule has 0 atom stereocenters. The topological polar surface area (TPSA) is 29.1 Å². The second kappa shape index (κ2) is 7.41. The Morgan fingerprint density at radius 2 is 1.26 bits per heavy atom. The second-order valence-electron chi connectivity index (χ2n) is 5.43. The molecular weight excluding hydrogens is 282 g/mol. The van der Waals surface area contributed by atoms with Crippen molar-refractivity contribution in [1.29, 1.82) is 0 Å². The SMILES string of the molecule is O=C(c1ccccc1)c1ccc(NCCc2ccccc2)cc1. The number of carbonyl (C=O) groups is 1. The van der Waals surface area contributed by atoms with Gasteiger partial charge in [-0.05, 0) is 36.2 Å². The Labute approximate surface area is 136 Å². The fraction of sp³-hybridized carbons (Fsp3) is 0.0952. The molecule has 0 saturated carbocycles. The summed E-state index contributed by atoms with van der Waals surface area (Å²) in [5.41, 5.74) is 3.78. The summed E-state index contributed by atoms with van der Waals surface area (Å²) in [5, 5.41) is 3.39. The van der Waals surface area contributed by atoms with Crippen molar-refractivity contribution in [1.82, 2.24) is 0 Å². The first-order valence-corrected chi connectivity index (χ1v) is 7.80. The molecule has 1 N–H and O–H groups in total. The Balaban J connectivity index is 1.58. The van der Waals surface area contributed by atoms with Gasteiger partial charge in [0.05, 0.1) is 0 Å². The van der Waals surface area contributed by atoms with Gasteiger partial charge in [0.1, 0.15) is 0 Å². The van der Waals surface area contributed by atoms with Crippen LogP contribution in [0.4, 0.5) is 5.69 Å². The minimum Gasteiger partial charge on any atom is -0.385 e. The Morgan fingerprint density at radius 1 is 0.696 bits per heavy atom. The van der Waals surface area contributed by atoms with E-state index in [1.807, 2.05) is 60.7 Å². The van der Waals surface area contributed by atoms with E-state index in [0.717, 1.165) is 24.2 Å². The zero-order valence-corrected chi connectivity index (χ0v) is 12.9. The average molecular weight is 301 g/mol. The summed E-state index contributed by atoms with van der Waals surface area (Å²) >= 11 is 0. The first kappa shape index (κ1) is 15.0. The molecule has 2 heteroatoms. The number of carbonyl (C=O) groups excluding carboxylic acids is 1. The maximum atomic E-state index is 12.3. The van der Waals surface area contributed by atoms with Gasteiger partial charge in [-0.1, -0.05) is 60.7 Å². The molecule has 0 aliphatic carbocycles. The van der Waals surface area contributed by atoms with Crippen molar-refractivity contribution in [3.8, 4) is 0 Å². The zero-order chi connectivity index (χ0) is 15.9. The largest absolute Gasteiger partial charge is 0.385 e. The molecule has 0 radical (unpaired) electrons. The van der Waals surface area contributed by atoms with Crippen LogP contribution >= 0.6 is 0 Å². The third-order valence-electron chi connectivity index (χ3n) is 3.77. The number of ketones is 1. The number of hydrogen-bond acceptors (Lipinski definition) is 2. The molecule has 0 aromatic heterocycles. The van der Waals surface area contributed by atoms with Gasteiger partial charge in [-0.25, -0.2) is 0 Å². The van der Waals surface area contributed by atoms with E-state index in [4.69, 9.17) is 0 Å². The molecule has 0 saturated heterocycles. The Kier molecular flexibility index (Phi) is 4.85. The molecule has 0 spiro atoms. The van der Waals surface area contributed by atoms with E-state index in [0.29, 0.717) is 5.56 Å². The highest BCUT2D eigenvalue weighted by atomic mass is 16.1. The van der Waals surface area contributed by atoms with Crippen LogP contribution in [0.15, 0.2) is 84.9 Å². The highest BCUT2D eigenvalue weighted by Gasteiger charge is 2.07. The van der Waals surface area contributed by atoms with Crippen molar-refractivity contribution in [3.05, 3.63) is 102 Å². The average Bonchev–Trinajstić information content (AvgIpc) is 2.63. The molecule has 0 aliphatic rings. The van der Waals surface area contributed by atoms with Gasteiger partial charge >= 0.3 is 0 Å². The van der Waals surface area contributed by atoms with Crippen LogP contribution < -0.4 is 5.32 Å². The van der Waals surface area contributed by atoms with E-state index in [9.17, 15) is 4.79 Å². The molecule has 114 valence electrons. The zero-order valence-electron chi connectivity index (χ0n) is 12.9. The Morgan fingerprint density at radius 3 is 1.91 bits per heavy atom. The fourth-order valence-electron chi connectivity index (χ4n) is 2.49. The fourth-order valence-corrected chi connectivity index (χ4v) is 2.49. The third-order valence-corrected chi connectivity index (χ3v) is 3.77. The Bertz CT molecular complexity index is 749. The number of hydrogen-bond donors (Lipinski definition) is 1. The first-order chi connectivity index (χ1) is 11.3. The molecule has 23 heavy (non-hydrogen) atoms. The van der Waals surface area contributed by atoms with E-state index in [1.54, 1.807) is 0 Å². The lowest BCUT2D eigenvalue weighted by atomic mass is 10.0. The van der Waals surface area contributed by atoms with Gasteiger partial charge in [-0.15, -0.1) is 0 Å². The second-order valence-corrected chi connectivity index (χ2v) is 5.43. The van der Waals surface area contributed by atoms with Crippen LogP contribution in [0.3, 0.4) is 0 Å². The van der Waals surface area contributed by atoms with Crippen molar-refractivity contribution >= 4 is 11.5 Å². The maximum Gasteiger partial charge on any atom is 0.193 e. The summed E-state index contributed by atoms with van der Waals surface area (Å²) in [6.45, 7) is 0.871. The predicted molar refractivity (Wildman–Crippen MR) is 95.0 cm³/mol. The lowest BCUT2D eigenvalue weighted by Crippen LogP contribution is -2.05. The van der Waals surface area contributed by atoms with Crippen molar-refractivity contribution in [3.63, 3.8) is 0 Å². The van der Waals surface area contributed by atoms with Crippen LogP contribution in [0.25, 0.3) is 0 Å². The number of benzene rings is 3. The van der Waals surface area contributed by atoms with Gasteiger partial charge in [0, 0.05) is 23.4 Å². The van der Waals surface area contributed by atoms with Crippen LogP contribution in [0.5, 0.6) is 0 Å². The summed E-state index contributed by atoms with van der Waals surface area (Å²) in [6, 6.07) is 27.4. The number of nitrogens with one attached hydrogen (secondary N) is 1. The Hall–Kier alpha value is -2.87. The molecule has 0 heterocycles. The van der Waals surface area contributed by atoms with E-state index in [-0.39, 0.29) is 5.78 Å². The van der Waals surface area contributed by atoms with Gasteiger partial charge in [0.2, 0.25) is 0 Å². The smallest absolute Gasteiger partial charge is 0.193 e. The molecule has 3 aromatic carbocycles. The summed E-state index contributed by atoms with van der Waals surface area (Å²) in [7, 11) is 0. The van der Waals surface area contributed by atoms with Crippen LogP contribution in [-0.4, -0.2) is 12.3 Å². The molecule has 0 aliphatic heterocycles. The van der Waals surface area contributed by atoms with Crippen LogP contribution in [0.2, 0.25) is 0 Å². The monoisotopic (exact) mass is 301 g/mol. The highest BCUT2D eigenvalue weighted by Crippen LogP contribution is 2.14. The quantitative estimate of drug-likeness (QED) is 0.676. The van der Waals surface area contributed by atoms with Gasteiger partial charge in [0.25, 0.3) is 0 Å². The van der Waals surface area contributed by atoms with Gasteiger partial charge in [-0.2, -0.15) is 0 Å². The van der Waals surface area contributed by atoms with Crippen LogP contribution in [-0.2, 0) is 6.42 Å². The minimum absolute atomic E-state index is 0.0569. The normalized spacial score (nSPS) is 10.3.